The number of rotatable bonds is 4. The molecule has 0 amide bonds. The molecule has 0 fully saturated rings. The van der Waals surface area contributed by atoms with E-state index in [0.717, 1.165) is 0 Å². The van der Waals surface area contributed by atoms with E-state index in [4.69, 9.17) is 0 Å². The Bertz CT molecular complexity index is 367. The largest absolute Gasteiger partial charge is 0.438 e. The molecule has 0 heterocycles. The lowest BCUT2D eigenvalue weighted by atomic mass is 10.1. The molecule has 2 aliphatic rings. The Morgan fingerprint density at radius 3 is 2.67 bits per heavy atom. The quantitative estimate of drug-likeness (QED) is 0.617. The first-order chi connectivity index (χ1) is 7.35. The van der Waals surface area contributed by atoms with Crippen molar-refractivity contribution in [3.05, 3.63) is 42.9 Å². The van der Waals surface area contributed by atoms with E-state index < -0.39 is 0 Å². The molecule has 0 aliphatic heterocycles. The van der Waals surface area contributed by atoms with Crippen LogP contribution in [0.25, 0.3) is 0 Å². The maximum Gasteiger partial charge on any atom is 0.438 e. The molecule has 0 aromatic rings. The second-order valence-corrected chi connectivity index (χ2v) is 6.47. The van der Waals surface area contributed by atoms with Crippen LogP contribution in [0.2, 0.25) is 0 Å². The lowest BCUT2D eigenvalue weighted by Crippen LogP contribution is -2.01. The maximum atomic E-state index is 2.46. The third-order valence-corrected chi connectivity index (χ3v) is 5.55. The molecule has 0 unspecified atom stereocenters. The van der Waals surface area contributed by atoms with Crippen molar-refractivity contribution < 1.29 is 0 Å². The van der Waals surface area contributed by atoms with E-state index in [2.05, 4.69) is 38.2 Å². The molecule has 2 rings (SSSR count). The van der Waals surface area contributed by atoms with E-state index in [1.807, 2.05) is 3.70 Å². The average molecular weight is 211 g/mol. The summed E-state index contributed by atoms with van der Waals surface area (Å²) in [6.45, 7) is 4.59. The highest BCUT2D eigenvalue weighted by atomic mass is 24.5. The van der Waals surface area contributed by atoms with E-state index in [-0.39, 0.29) is 20.4 Å². The van der Waals surface area contributed by atoms with Gasteiger partial charge in [-0.2, -0.15) is 7.40 Å². The van der Waals surface area contributed by atoms with Crippen molar-refractivity contribution in [3.63, 3.8) is 0 Å². The van der Waals surface area contributed by atoms with Crippen molar-refractivity contribution in [1.82, 2.24) is 0 Å². The SMILES string of the molecule is CCC1=CC[C]([Mg][C]2=CC=CC2)=C1CC. The van der Waals surface area contributed by atoms with Crippen LogP contribution >= 0.6 is 0 Å². The summed E-state index contributed by atoms with van der Waals surface area (Å²) >= 11 is -0.109. The zero-order valence-corrected chi connectivity index (χ0v) is 11.3. The van der Waals surface area contributed by atoms with Gasteiger partial charge in [0.1, 0.15) is 0 Å². The van der Waals surface area contributed by atoms with Crippen molar-refractivity contribution in [1.29, 1.82) is 0 Å². The molecule has 0 atom stereocenters. The summed E-state index contributed by atoms with van der Waals surface area (Å²) in [6, 6.07) is 0. The van der Waals surface area contributed by atoms with Crippen LogP contribution in [0.3, 0.4) is 0 Å². The predicted molar refractivity (Wildman–Crippen MR) is 67.9 cm³/mol. The van der Waals surface area contributed by atoms with Crippen molar-refractivity contribution in [2.45, 2.75) is 39.5 Å². The van der Waals surface area contributed by atoms with Gasteiger partial charge < -0.3 is 0 Å². The van der Waals surface area contributed by atoms with Gasteiger partial charge >= 0.3 is 20.4 Å². The smallest absolute Gasteiger partial charge is 0.182 e. The molecule has 76 valence electrons. The summed E-state index contributed by atoms with van der Waals surface area (Å²) < 4.78 is 3.53. The zero-order valence-electron chi connectivity index (χ0n) is 9.84. The second kappa shape index (κ2) is 5.18. The first kappa shape index (κ1) is 11.2. The Hall–Kier alpha value is -0.274. The lowest BCUT2D eigenvalue weighted by Gasteiger charge is -2.09. The minimum Gasteiger partial charge on any atom is -0.182 e. The Kier molecular flexibility index (Phi) is 3.87. The van der Waals surface area contributed by atoms with Gasteiger partial charge in [-0.1, -0.05) is 49.3 Å². The van der Waals surface area contributed by atoms with Crippen molar-refractivity contribution in [3.8, 4) is 0 Å². The van der Waals surface area contributed by atoms with Crippen LogP contribution in [-0.2, 0) is 0 Å². The molecule has 0 radical (unpaired) electrons. The van der Waals surface area contributed by atoms with Crippen LogP contribution in [0.15, 0.2) is 42.9 Å². The molecule has 0 bridgehead atoms. The van der Waals surface area contributed by atoms with Gasteiger partial charge in [-0.05, 0) is 25.7 Å². The topological polar surface area (TPSA) is 0 Å². The second-order valence-electron chi connectivity index (χ2n) is 4.36. The number of hydrogen-bond donors (Lipinski definition) is 0. The van der Waals surface area contributed by atoms with E-state index in [0.29, 0.717) is 0 Å². The first-order valence-electron chi connectivity index (χ1n) is 6.10. The van der Waals surface area contributed by atoms with Gasteiger partial charge in [-0.15, -0.1) is 0 Å². The molecule has 1 heteroatoms. The summed E-state index contributed by atoms with van der Waals surface area (Å²) in [5, 5.41) is 0. The Morgan fingerprint density at radius 1 is 1.20 bits per heavy atom. The van der Waals surface area contributed by atoms with Crippen LogP contribution in [0.4, 0.5) is 0 Å². The van der Waals surface area contributed by atoms with Gasteiger partial charge in [-0.25, -0.2) is 0 Å². The van der Waals surface area contributed by atoms with Crippen molar-refractivity contribution >= 4 is 20.4 Å². The highest BCUT2D eigenvalue weighted by Crippen LogP contribution is 2.31. The highest BCUT2D eigenvalue weighted by molar-refractivity contribution is 6.54. The predicted octanol–water partition coefficient (Wildman–Crippen LogP) is 3.94. The van der Waals surface area contributed by atoms with Crippen molar-refractivity contribution in [2.24, 2.45) is 0 Å². The molecular weight excluding hydrogens is 192 g/mol. The third kappa shape index (κ3) is 2.46. The Labute approximate surface area is 103 Å². The molecule has 0 saturated carbocycles. The van der Waals surface area contributed by atoms with E-state index in [1.165, 1.54) is 25.7 Å². The molecular formula is C14H18Mg. The molecule has 15 heavy (non-hydrogen) atoms. The monoisotopic (exact) mass is 210 g/mol. The fraction of sp³-hybridized carbons (Fsp3) is 0.429. The normalized spacial score (nSPS) is 19.3. The summed E-state index contributed by atoms with van der Waals surface area (Å²) in [6.07, 6.45) is 14.3. The van der Waals surface area contributed by atoms with Crippen molar-refractivity contribution in [2.75, 3.05) is 0 Å². The van der Waals surface area contributed by atoms with Gasteiger partial charge in [0.2, 0.25) is 0 Å². The summed E-state index contributed by atoms with van der Waals surface area (Å²) in [4.78, 5) is 0. The van der Waals surface area contributed by atoms with Gasteiger partial charge in [-0.3, -0.25) is 0 Å². The van der Waals surface area contributed by atoms with E-state index in [9.17, 15) is 0 Å². The molecule has 0 spiro atoms. The van der Waals surface area contributed by atoms with Crippen LogP contribution in [0.5, 0.6) is 0 Å². The third-order valence-electron chi connectivity index (χ3n) is 3.43. The van der Waals surface area contributed by atoms with Crippen LogP contribution < -0.4 is 0 Å². The minimum absolute atomic E-state index is 0.109. The summed E-state index contributed by atoms with van der Waals surface area (Å²) in [5.41, 5.74) is 3.34. The van der Waals surface area contributed by atoms with Gasteiger partial charge in [0.25, 0.3) is 0 Å². The minimum atomic E-state index is -0.109. The fourth-order valence-electron chi connectivity index (χ4n) is 2.63. The highest BCUT2D eigenvalue weighted by Gasteiger charge is 2.17. The van der Waals surface area contributed by atoms with E-state index in [1.54, 1.807) is 14.8 Å². The van der Waals surface area contributed by atoms with Gasteiger partial charge in [0, 0.05) is 0 Å². The standard InChI is InChI=1S/C9H13.C5H5.Mg/c1-3-8-6-5-7-9(8)4-2;1-2-4-5-3-1;/h6H,3-5H2,1-2H3;1-3H,4H2;. The average Bonchev–Trinajstić information content (AvgIpc) is 2.87. The molecule has 0 aromatic carbocycles. The van der Waals surface area contributed by atoms with Crippen LogP contribution in [0.1, 0.15) is 39.5 Å². The summed E-state index contributed by atoms with van der Waals surface area (Å²) in [5.74, 6) is 0. The molecule has 0 saturated heterocycles. The van der Waals surface area contributed by atoms with Crippen LogP contribution in [-0.4, -0.2) is 20.4 Å². The maximum absolute atomic E-state index is 2.46. The van der Waals surface area contributed by atoms with Crippen LogP contribution in [0, 0.1) is 0 Å². The Balaban J connectivity index is 2.09. The molecule has 0 aromatic heterocycles. The zero-order chi connectivity index (χ0) is 10.7. The number of allylic oxidation sites excluding steroid dienone is 8. The molecule has 0 N–H and O–H groups in total. The summed E-state index contributed by atoms with van der Waals surface area (Å²) in [7, 11) is 0. The fourth-order valence-corrected chi connectivity index (χ4v) is 4.72. The number of hydrogen-bond acceptors (Lipinski definition) is 0. The van der Waals surface area contributed by atoms with Gasteiger partial charge in [0.05, 0.1) is 0 Å². The first-order valence-corrected chi connectivity index (χ1v) is 7.51. The van der Waals surface area contributed by atoms with Gasteiger partial charge in [0.15, 0.2) is 0 Å². The Morgan fingerprint density at radius 2 is 2.07 bits per heavy atom. The lowest BCUT2D eigenvalue weighted by molar-refractivity contribution is 1.03. The molecule has 2 aliphatic carbocycles. The molecule has 0 nitrogen and oxygen atoms in total. The van der Waals surface area contributed by atoms with E-state index >= 15 is 0 Å².